The molecular formula is C15H14BrFN2O. The molecule has 0 saturated heterocycles. The summed E-state index contributed by atoms with van der Waals surface area (Å²) in [5.41, 5.74) is 7.43. The lowest BCUT2D eigenvalue weighted by Crippen LogP contribution is -2.31. The molecule has 2 aromatic carbocycles. The van der Waals surface area contributed by atoms with Crippen molar-refractivity contribution in [3.63, 3.8) is 0 Å². The molecule has 0 radical (unpaired) electrons. The van der Waals surface area contributed by atoms with Gasteiger partial charge in [0.2, 0.25) is 0 Å². The summed E-state index contributed by atoms with van der Waals surface area (Å²) in [6.07, 6.45) is 0. The van der Waals surface area contributed by atoms with Crippen molar-refractivity contribution in [3.05, 3.63) is 58.3 Å². The van der Waals surface area contributed by atoms with Crippen LogP contribution in [0, 0.1) is 5.82 Å². The highest BCUT2D eigenvalue weighted by molar-refractivity contribution is 9.10. The third-order valence-electron chi connectivity index (χ3n) is 2.96. The fourth-order valence-corrected chi connectivity index (χ4v) is 2.36. The zero-order valence-corrected chi connectivity index (χ0v) is 12.5. The molecule has 2 rings (SSSR count). The van der Waals surface area contributed by atoms with Gasteiger partial charge in [-0.05, 0) is 59.3 Å². The van der Waals surface area contributed by atoms with Crippen LogP contribution in [0.3, 0.4) is 0 Å². The molecule has 104 valence electrons. The number of benzene rings is 2. The van der Waals surface area contributed by atoms with E-state index >= 15 is 0 Å². The number of nitrogen functional groups attached to an aromatic ring is 1. The molecule has 2 aromatic rings. The molecule has 0 spiro atoms. The maximum Gasteiger partial charge on any atom is 0.259 e. The molecule has 0 heterocycles. The minimum atomic E-state index is -0.331. The molecule has 20 heavy (non-hydrogen) atoms. The Hall–Kier alpha value is -1.88. The predicted octanol–water partition coefficient (Wildman–Crippen LogP) is 3.84. The standard InChI is InChI=1S/C15H14BrFN2O/c1-2-19(11-8-6-10(17)7-9-11)15(20)12-4-3-5-13(18)14(12)16/h3-9H,2,18H2,1H3. The van der Waals surface area contributed by atoms with Crippen molar-refractivity contribution in [2.24, 2.45) is 0 Å². The maximum absolute atomic E-state index is 13.0. The van der Waals surface area contributed by atoms with Gasteiger partial charge in [-0.15, -0.1) is 0 Å². The third-order valence-corrected chi connectivity index (χ3v) is 3.84. The number of hydrogen-bond acceptors (Lipinski definition) is 2. The molecule has 0 bridgehead atoms. The first-order chi connectivity index (χ1) is 9.54. The average Bonchev–Trinajstić information content (AvgIpc) is 2.44. The SMILES string of the molecule is CCN(C(=O)c1cccc(N)c1Br)c1ccc(F)cc1. The van der Waals surface area contributed by atoms with Gasteiger partial charge < -0.3 is 10.6 Å². The third kappa shape index (κ3) is 2.82. The van der Waals surface area contributed by atoms with Gasteiger partial charge in [-0.25, -0.2) is 4.39 Å². The molecule has 0 atom stereocenters. The highest BCUT2D eigenvalue weighted by atomic mass is 79.9. The number of nitrogens with zero attached hydrogens (tertiary/aromatic N) is 1. The second kappa shape index (κ2) is 6.05. The van der Waals surface area contributed by atoms with Crippen molar-refractivity contribution >= 4 is 33.2 Å². The Labute approximate surface area is 125 Å². The van der Waals surface area contributed by atoms with Crippen LogP contribution >= 0.6 is 15.9 Å². The van der Waals surface area contributed by atoms with Gasteiger partial charge in [0.1, 0.15) is 5.82 Å². The molecule has 0 unspecified atom stereocenters. The van der Waals surface area contributed by atoms with Crippen molar-refractivity contribution in [1.82, 2.24) is 0 Å². The predicted molar refractivity (Wildman–Crippen MR) is 82.3 cm³/mol. The van der Waals surface area contributed by atoms with Crippen molar-refractivity contribution in [2.45, 2.75) is 6.92 Å². The molecule has 2 N–H and O–H groups in total. The number of rotatable bonds is 3. The molecule has 0 fully saturated rings. The van der Waals surface area contributed by atoms with Gasteiger partial charge in [-0.3, -0.25) is 4.79 Å². The van der Waals surface area contributed by atoms with E-state index in [9.17, 15) is 9.18 Å². The Morgan fingerprint density at radius 2 is 1.90 bits per heavy atom. The van der Waals surface area contributed by atoms with Crippen LogP contribution in [0.15, 0.2) is 46.9 Å². The highest BCUT2D eigenvalue weighted by Crippen LogP contribution is 2.26. The quantitative estimate of drug-likeness (QED) is 0.865. The number of amides is 1. The Morgan fingerprint density at radius 1 is 1.25 bits per heavy atom. The lowest BCUT2D eigenvalue weighted by molar-refractivity contribution is 0.0987. The van der Waals surface area contributed by atoms with Gasteiger partial charge in [0.25, 0.3) is 5.91 Å². The average molecular weight is 337 g/mol. The Morgan fingerprint density at radius 3 is 2.50 bits per heavy atom. The number of carbonyl (C=O) groups is 1. The first-order valence-corrected chi connectivity index (χ1v) is 6.95. The normalized spacial score (nSPS) is 10.3. The summed E-state index contributed by atoms with van der Waals surface area (Å²) >= 11 is 3.33. The van der Waals surface area contributed by atoms with E-state index in [0.29, 0.717) is 28.0 Å². The van der Waals surface area contributed by atoms with E-state index < -0.39 is 0 Å². The number of halogens is 2. The molecule has 5 heteroatoms. The van der Waals surface area contributed by atoms with Crippen LogP contribution in [0.25, 0.3) is 0 Å². The zero-order valence-electron chi connectivity index (χ0n) is 10.9. The maximum atomic E-state index is 13.0. The Balaban J connectivity index is 2.39. The van der Waals surface area contributed by atoms with Gasteiger partial charge >= 0.3 is 0 Å². The first-order valence-electron chi connectivity index (χ1n) is 6.16. The first kappa shape index (κ1) is 14.5. The number of anilines is 2. The van der Waals surface area contributed by atoms with E-state index in [0.717, 1.165) is 0 Å². The molecule has 0 aliphatic heterocycles. The van der Waals surface area contributed by atoms with Crippen LogP contribution in [-0.4, -0.2) is 12.5 Å². The van der Waals surface area contributed by atoms with Gasteiger partial charge in [-0.1, -0.05) is 6.07 Å². The van der Waals surface area contributed by atoms with E-state index in [1.807, 2.05) is 6.92 Å². The number of hydrogen-bond donors (Lipinski definition) is 1. The van der Waals surface area contributed by atoms with E-state index in [2.05, 4.69) is 15.9 Å². The van der Waals surface area contributed by atoms with Crippen molar-refractivity contribution in [2.75, 3.05) is 17.2 Å². The summed E-state index contributed by atoms with van der Waals surface area (Å²) in [5.74, 6) is -0.513. The van der Waals surface area contributed by atoms with Crippen LogP contribution in [0.4, 0.5) is 15.8 Å². The molecule has 0 aliphatic carbocycles. The topological polar surface area (TPSA) is 46.3 Å². The largest absolute Gasteiger partial charge is 0.398 e. The molecular weight excluding hydrogens is 323 g/mol. The summed E-state index contributed by atoms with van der Waals surface area (Å²) in [7, 11) is 0. The Bertz CT molecular complexity index is 628. The fraction of sp³-hybridized carbons (Fsp3) is 0.133. The summed E-state index contributed by atoms with van der Waals surface area (Å²) in [5, 5.41) is 0. The smallest absolute Gasteiger partial charge is 0.259 e. The van der Waals surface area contributed by atoms with Crippen LogP contribution in [-0.2, 0) is 0 Å². The van der Waals surface area contributed by atoms with Gasteiger partial charge in [0.15, 0.2) is 0 Å². The summed E-state index contributed by atoms with van der Waals surface area (Å²) < 4.78 is 13.5. The summed E-state index contributed by atoms with van der Waals surface area (Å²) in [6, 6.07) is 11.0. The zero-order chi connectivity index (χ0) is 14.7. The monoisotopic (exact) mass is 336 g/mol. The summed E-state index contributed by atoms with van der Waals surface area (Å²) in [6.45, 7) is 2.34. The van der Waals surface area contributed by atoms with Crippen LogP contribution < -0.4 is 10.6 Å². The van der Waals surface area contributed by atoms with Gasteiger partial charge in [0.05, 0.1) is 10.0 Å². The van der Waals surface area contributed by atoms with E-state index in [1.165, 1.54) is 12.1 Å². The molecule has 1 amide bonds. The number of carbonyl (C=O) groups excluding carboxylic acids is 1. The van der Waals surface area contributed by atoms with E-state index in [4.69, 9.17) is 5.73 Å². The van der Waals surface area contributed by atoms with Crippen LogP contribution in [0.2, 0.25) is 0 Å². The summed E-state index contributed by atoms with van der Waals surface area (Å²) in [4.78, 5) is 14.1. The molecule has 0 aromatic heterocycles. The van der Waals surface area contributed by atoms with E-state index in [1.54, 1.807) is 35.2 Å². The molecule has 0 aliphatic rings. The fourth-order valence-electron chi connectivity index (χ4n) is 1.92. The van der Waals surface area contributed by atoms with Gasteiger partial charge in [0, 0.05) is 17.9 Å². The van der Waals surface area contributed by atoms with E-state index in [-0.39, 0.29) is 11.7 Å². The minimum absolute atomic E-state index is 0.182. The molecule has 3 nitrogen and oxygen atoms in total. The Kier molecular flexibility index (Phi) is 4.39. The second-order valence-corrected chi connectivity index (χ2v) is 5.03. The second-order valence-electron chi connectivity index (χ2n) is 4.23. The minimum Gasteiger partial charge on any atom is -0.398 e. The van der Waals surface area contributed by atoms with Crippen molar-refractivity contribution in [1.29, 1.82) is 0 Å². The van der Waals surface area contributed by atoms with Crippen molar-refractivity contribution < 1.29 is 9.18 Å². The lowest BCUT2D eigenvalue weighted by atomic mass is 10.1. The lowest BCUT2D eigenvalue weighted by Gasteiger charge is -2.22. The van der Waals surface area contributed by atoms with Crippen LogP contribution in [0.1, 0.15) is 17.3 Å². The highest BCUT2D eigenvalue weighted by Gasteiger charge is 2.19. The van der Waals surface area contributed by atoms with Crippen molar-refractivity contribution in [3.8, 4) is 0 Å². The van der Waals surface area contributed by atoms with Crippen LogP contribution in [0.5, 0.6) is 0 Å². The number of nitrogens with two attached hydrogens (primary N) is 1. The van der Waals surface area contributed by atoms with Gasteiger partial charge in [-0.2, -0.15) is 0 Å². The molecule has 0 saturated carbocycles.